The predicted molar refractivity (Wildman–Crippen MR) is 120 cm³/mol. The van der Waals surface area contributed by atoms with Crippen molar-refractivity contribution in [2.45, 2.75) is 45.1 Å². The number of aryl methyl sites for hydroxylation is 1. The number of rotatable bonds is 7. The molecule has 0 aromatic heterocycles. The van der Waals surface area contributed by atoms with Gasteiger partial charge in [0.1, 0.15) is 5.54 Å². The van der Waals surface area contributed by atoms with Crippen LogP contribution >= 0.6 is 0 Å². The summed E-state index contributed by atoms with van der Waals surface area (Å²) < 4.78 is 5.24. The van der Waals surface area contributed by atoms with Crippen LogP contribution in [-0.2, 0) is 20.7 Å². The molecule has 1 heterocycles. The minimum Gasteiger partial charge on any atom is -0.467 e. The number of anilines is 1. The summed E-state index contributed by atoms with van der Waals surface area (Å²) in [5, 5.41) is 0. The Labute approximate surface area is 179 Å². The molecule has 30 heavy (non-hydrogen) atoms. The molecular formula is C25H32N2O3. The number of esters is 1. The molecule has 1 saturated heterocycles. The van der Waals surface area contributed by atoms with Gasteiger partial charge in [-0.1, -0.05) is 55.5 Å². The van der Waals surface area contributed by atoms with E-state index >= 15 is 0 Å². The van der Waals surface area contributed by atoms with Gasteiger partial charge in [-0.05, 0) is 43.4 Å². The Morgan fingerprint density at radius 1 is 1.03 bits per heavy atom. The fourth-order valence-corrected chi connectivity index (χ4v) is 4.36. The van der Waals surface area contributed by atoms with Gasteiger partial charge in [0, 0.05) is 31.7 Å². The second kappa shape index (κ2) is 9.90. The highest BCUT2D eigenvalue weighted by Crippen LogP contribution is 2.36. The summed E-state index contributed by atoms with van der Waals surface area (Å²) in [6, 6.07) is 18.2. The lowest BCUT2D eigenvalue weighted by Gasteiger charge is -2.47. The van der Waals surface area contributed by atoms with Crippen LogP contribution in [0.5, 0.6) is 0 Å². The fraction of sp³-hybridized carbons (Fsp3) is 0.440. The monoisotopic (exact) mass is 408 g/mol. The van der Waals surface area contributed by atoms with Gasteiger partial charge in [-0.15, -0.1) is 0 Å². The van der Waals surface area contributed by atoms with Gasteiger partial charge in [-0.2, -0.15) is 0 Å². The van der Waals surface area contributed by atoms with Crippen molar-refractivity contribution in [2.24, 2.45) is 0 Å². The van der Waals surface area contributed by atoms with E-state index in [-0.39, 0.29) is 11.9 Å². The number of likely N-dealkylation sites (tertiary alicyclic amines) is 1. The lowest BCUT2D eigenvalue weighted by atomic mass is 9.84. The quantitative estimate of drug-likeness (QED) is 0.650. The summed E-state index contributed by atoms with van der Waals surface area (Å²) in [6.45, 7) is 6.26. The van der Waals surface area contributed by atoms with E-state index < -0.39 is 5.54 Å². The third-order valence-corrected chi connectivity index (χ3v) is 6.14. The Kier molecular flexibility index (Phi) is 7.27. The topological polar surface area (TPSA) is 49.9 Å². The molecule has 5 heteroatoms. The van der Waals surface area contributed by atoms with Crippen molar-refractivity contribution in [3.8, 4) is 0 Å². The van der Waals surface area contributed by atoms with Gasteiger partial charge in [-0.3, -0.25) is 9.69 Å². The second-order valence-corrected chi connectivity index (χ2v) is 7.97. The van der Waals surface area contributed by atoms with Crippen LogP contribution in [0.4, 0.5) is 5.69 Å². The van der Waals surface area contributed by atoms with E-state index in [1.165, 1.54) is 12.7 Å². The highest BCUT2D eigenvalue weighted by Gasteiger charge is 2.50. The fourth-order valence-electron chi connectivity index (χ4n) is 4.36. The van der Waals surface area contributed by atoms with E-state index in [0.29, 0.717) is 19.3 Å². The molecule has 1 amide bonds. The van der Waals surface area contributed by atoms with E-state index in [0.717, 1.165) is 37.3 Å². The molecule has 0 N–H and O–H groups in total. The zero-order chi connectivity index (χ0) is 21.6. The standard InChI is InChI=1S/C25H32N2O3/c1-4-23(28)27(22-13-9-8-10-20(22)2)25(24(29)30-3)15-18-26(19-16-25)17-14-21-11-6-5-7-12-21/h5-13H,4,14-19H2,1-3H3. The number of nitrogens with zero attached hydrogens (tertiary/aromatic N) is 2. The normalized spacial score (nSPS) is 16.1. The molecule has 3 rings (SSSR count). The van der Waals surface area contributed by atoms with Gasteiger partial charge in [0.25, 0.3) is 0 Å². The van der Waals surface area contributed by atoms with E-state index in [1.54, 1.807) is 4.90 Å². The molecule has 1 aliphatic heterocycles. The van der Waals surface area contributed by atoms with Crippen molar-refractivity contribution in [1.82, 2.24) is 4.90 Å². The predicted octanol–water partition coefficient (Wildman–Crippen LogP) is 3.99. The number of carbonyl (C=O) groups excluding carboxylic acids is 2. The number of benzene rings is 2. The van der Waals surface area contributed by atoms with Crippen molar-refractivity contribution in [2.75, 3.05) is 31.6 Å². The molecule has 0 radical (unpaired) electrons. The minimum atomic E-state index is -0.961. The number of amides is 1. The molecule has 0 spiro atoms. The summed E-state index contributed by atoms with van der Waals surface area (Å²) in [4.78, 5) is 30.3. The van der Waals surface area contributed by atoms with Crippen molar-refractivity contribution < 1.29 is 14.3 Å². The summed E-state index contributed by atoms with van der Waals surface area (Å²) >= 11 is 0. The van der Waals surface area contributed by atoms with Crippen LogP contribution < -0.4 is 4.90 Å². The molecular weight excluding hydrogens is 376 g/mol. The highest BCUT2D eigenvalue weighted by molar-refractivity contribution is 6.02. The first-order valence-corrected chi connectivity index (χ1v) is 10.7. The molecule has 0 unspecified atom stereocenters. The number of piperidine rings is 1. The van der Waals surface area contributed by atoms with Crippen LogP contribution in [0.25, 0.3) is 0 Å². The van der Waals surface area contributed by atoms with Gasteiger partial charge in [0.05, 0.1) is 7.11 Å². The molecule has 0 aliphatic carbocycles. The van der Waals surface area contributed by atoms with Crippen LogP contribution in [0.15, 0.2) is 54.6 Å². The van der Waals surface area contributed by atoms with E-state index in [9.17, 15) is 9.59 Å². The van der Waals surface area contributed by atoms with Crippen molar-refractivity contribution in [3.63, 3.8) is 0 Å². The Balaban J connectivity index is 1.83. The number of hydrogen-bond acceptors (Lipinski definition) is 4. The average molecular weight is 409 g/mol. The molecule has 5 nitrogen and oxygen atoms in total. The largest absolute Gasteiger partial charge is 0.467 e. The van der Waals surface area contributed by atoms with Gasteiger partial charge in [0.15, 0.2) is 0 Å². The molecule has 1 fully saturated rings. The first-order valence-electron chi connectivity index (χ1n) is 10.7. The van der Waals surface area contributed by atoms with Gasteiger partial charge >= 0.3 is 5.97 Å². The van der Waals surface area contributed by atoms with Gasteiger partial charge in [0.2, 0.25) is 5.91 Å². The third kappa shape index (κ3) is 4.57. The maximum absolute atomic E-state index is 13.1. The van der Waals surface area contributed by atoms with Crippen molar-refractivity contribution >= 4 is 17.6 Å². The highest BCUT2D eigenvalue weighted by atomic mass is 16.5. The zero-order valence-corrected chi connectivity index (χ0v) is 18.3. The number of hydrogen-bond donors (Lipinski definition) is 0. The molecule has 2 aromatic rings. The Hall–Kier alpha value is -2.66. The average Bonchev–Trinajstić information content (AvgIpc) is 2.79. The Morgan fingerprint density at radius 2 is 1.67 bits per heavy atom. The zero-order valence-electron chi connectivity index (χ0n) is 18.3. The molecule has 2 aromatic carbocycles. The summed E-state index contributed by atoms with van der Waals surface area (Å²) in [5.41, 5.74) is 2.13. The van der Waals surface area contributed by atoms with Crippen LogP contribution in [0.1, 0.15) is 37.3 Å². The number of methoxy groups -OCH3 is 1. The maximum atomic E-state index is 13.1. The number of para-hydroxylation sites is 1. The van der Waals surface area contributed by atoms with Crippen LogP contribution in [-0.4, -0.2) is 49.1 Å². The second-order valence-electron chi connectivity index (χ2n) is 7.97. The third-order valence-electron chi connectivity index (χ3n) is 6.14. The van der Waals surface area contributed by atoms with Crippen LogP contribution in [0.3, 0.4) is 0 Å². The SMILES string of the molecule is CCC(=O)N(c1ccccc1C)C1(C(=O)OC)CCN(CCc2ccccc2)CC1. The molecule has 0 saturated carbocycles. The van der Waals surface area contributed by atoms with E-state index in [1.807, 2.05) is 44.2 Å². The van der Waals surface area contributed by atoms with Crippen LogP contribution in [0.2, 0.25) is 0 Å². The summed E-state index contributed by atoms with van der Waals surface area (Å²) in [7, 11) is 1.41. The first kappa shape index (κ1) is 22.0. The maximum Gasteiger partial charge on any atom is 0.332 e. The Bertz CT molecular complexity index is 858. The summed E-state index contributed by atoms with van der Waals surface area (Å²) in [6.07, 6.45) is 2.44. The van der Waals surface area contributed by atoms with Crippen molar-refractivity contribution in [3.05, 3.63) is 65.7 Å². The van der Waals surface area contributed by atoms with E-state index in [4.69, 9.17) is 4.74 Å². The number of carbonyl (C=O) groups is 2. The molecule has 1 aliphatic rings. The van der Waals surface area contributed by atoms with Gasteiger partial charge < -0.3 is 9.64 Å². The summed E-state index contributed by atoms with van der Waals surface area (Å²) in [5.74, 6) is -0.373. The minimum absolute atomic E-state index is 0.0487. The lowest BCUT2D eigenvalue weighted by Crippen LogP contribution is -2.63. The van der Waals surface area contributed by atoms with Crippen LogP contribution in [0, 0.1) is 6.92 Å². The van der Waals surface area contributed by atoms with Gasteiger partial charge in [-0.25, -0.2) is 4.79 Å². The lowest BCUT2D eigenvalue weighted by molar-refractivity contribution is -0.151. The molecule has 0 bridgehead atoms. The first-order chi connectivity index (χ1) is 14.5. The number of ether oxygens (including phenoxy) is 1. The smallest absolute Gasteiger partial charge is 0.332 e. The molecule has 160 valence electrons. The van der Waals surface area contributed by atoms with Crippen molar-refractivity contribution in [1.29, 1.82) is 0 Å². The molecule has 0 atom stereocenters. The Morgan fingerprint density at radius 3 is 2.27 bits per heavy atom. The van der Waals surface area contributed by atoms with E-state index in [2.05, 4.69) is 29.2 Å².